The molecule has 0 aliphatic heterocycles. The monoisotopic (exact) mass is 420 g/mol. The number of fused-ring (bicyclic) bond motifs is 1. The van der Waals surface area contributed by atoms with Gasteiger partial charge in [0.05, 0.1) is 12.7 Å². The van der Waals surface area contributed by atoms with E-state index in [1.54, 1.807) is 0 Å². The zero-order chi connectivity index (χ0) is 22.6. The summed E-state index contributed by atoms with van der Waals surface area (Å²) in [4.78, 5) is 0. The third kappa shape index (κ3) is 3.00. The van der Waals surface area contributed by atoms with Crippen molar-refractivity contribution < 1.29 is 4.57 Å². The Morgan fingerprint density at radius 2 is 1.28 bits per heavy atom. The van der Waals surface area contributed by atoms with Crippen LogP contribution >= 0.6 is 0 Å². The van der Waals surface area contributed by atoms with Crippen LogP contribution in [0, 0.1) is 34.6 Å². The fourth-order valence-electron chi connectivity index (χ4n) is 5.31. The van der Waals surface area contributed by atoms with Crippen LogP contribution in [0.5, 0.6) is 0 Å². The zero-order valence-electron chi connectivity index (χ0n) is 19.8. The second-order valence-corrected chi connectivity index (χ2v) is 8.94. The number of aryl methyl sites for hydroxylation is 6. The number of para-hydroxylation sites is 3. The maximum atomic E-state index is 2.45. The molecule has 2 heterocycles. The highest BCUT2D eigenvalue weighted by Gasteiger charge is 2.31. The molecule has 2 aromatic heterocycles. The maximum absolute atomic E-state index is 2.45. The van der Waals surface area contributed by atoms with Crippen molar-refractivity contribution in [3.63, 3.8) is 0 Å². The van der Waals surface area contributed by atoms with E-state index in [-0.39, 0.29) is 0 Å². The van der Waals surface area contributed by atoms with Crippen LogP contribution < -0.4 is 4.57 Å². The molecule has 0 atom stereocenters. The Bertz CT molecular complexity index is 1440. The minimum atomic E-state index is 1.17. The van der Waals surface area contributed by atoms with Gasteiger partial charge in [-0.25, -0.2) is 4.57 Å². The maximum Gasteiger partial charge on any atom is 0.312 e. The molecular formula is C29H30N3+. The van der Waals surface area contributed by atoms with Gasteiger partial charge in [0.15, 0.2) is 11.0 Å². The van der Waals surface area contributed by atoms with Crippen molar-refractivity contribution in [2.75, 3.05) is 0 Å². The molecule has 0 bridgehead atoms. The molecule has 0 aliphatic carbocycles. The first-order valence-electron chi connectivity index (χ1n) is 11.2. The molecule has 32 heavy (non-hydrogen) atoms. The highest BCUT2D eigenvalue weighted by atomic mass is 15.2. The number of hydrogen-bond donors (Lipinski definition) is 0. The van der Waals surface area contributed by atoms with E-state index in [4.69, 9.17) is 0 Å². The van der Waals surface area contributed by atoms with Crippen molar-refractivity contribution in [3.8, 4) is 22.9 Å². The van der Waals surface area contributed by atoms with Crippen LogP contribution in [0.1, 0.15) is 27.9 Å². The largest absolute Gasteiger partial charge is 0.312 e. The van der Waals surface area contributed by atoms with E-state index in [9.17, 15) is 0 Å². The lowest BCUT2D eigenvalue weighted by molar-refractivity contribution is -0.634. The van der Waals surface area contributed by atoms with Crippen LogP contribution in [0.15, 0.2) is 72.8 Å². The standard InChI is InChI=1S/C29H30N3/c1-19-16-20(2)27(21(3)17-19)31-23(5)18-22(4)28(31)29-30(6)25-14-10-11-15-26(25)32(29)24-12-8-7-9-13-24/h7-18H,1-6H3/q+1. The summed E-state index contributed by atoms with van der Waals surface area (Å²) in [5.41, 5.74) is 12.5. The number of hydrogen-bond acceptors (Lipinski definition) is 0. The molecule has 0 aliphatic rings. The molecule has 3 heteroatoms. The molecule has 3 nitrogen and oxygen atoms in total. The SMILES string of the molecule is Cc1cc(C)c(-n2c(C)cc(C)c2-c2n(-c3ccccc3)c3ccccc3[n+]2C)c(C)c1. The van der Waals surface area contributed by atoms with E-state index in [1.165, 1.54) is 61.9 Å². The highest BCUT2D eigenvalue weighted by Crippen LogP contribution is 2.35. The zero-order valence-corrected chi connectivity index (χ0v) is 19.8. The third-order valence-corrected chi connectivity index (χ3v) is 6.47. The third-order valence-electron chi connectivity index (χ3n) is 6.47. The quantitative estimate of drug-likeness (QED) is 0.298. The Kier molecular flexibility index (Phi) is 4.78. The lowest BCUT2D eigenvalue weighted by Gasteiger charge is -2.18. The van der Waals surface area contributed by atoms with Gasteiger partial charge < -0.3 is 4.57 Å². The average molecular weight is 421 g/mol. The van der Waals surface area contributed by atoms with Gasteiger partial charge in [-0.15, -0.1) is 0 Å². The Hall–Kier alpha value is -3.59. The topological polar surface area (TPSA) is 13.7 Å². The summed E-state index contributed by atoms with van der Waals surface area (Å²) in [5, 5.41) is 0. The molecule has 0 fully saturated rings. The summed E-state index contributed by atoms with van der Waals surface area (Å²) < 4.78 is 7.18. The summed E-state index contributed by atoms with van der Waals surface area (Å²) >= 11 is 0. The second-order valence-electron chi connectivity index (χ2n) is 8.94. The normalized spacial score (nSPS) is 11.4. The molecule has 0 unspecified atom stereocenters. The number of benzene rings is 3. The summed E-state index contributed by atoms with van der Waals surface area (Å²) in [5.74, 6) is 1.18. The van der Waals surface area contributed by atoms with E-state index < -0.39 is 0 Å². The van der Waals surface area contributed by atoms with Crippen molar-refractivity contribution in [1.29, 1.82) is 0 Å². The van der Waals surface area contributed by atoms with Crippen LogP contribution in [0.4, 0.5) is 0 Å². The van der Waals surface area contributed by atoms with Gasteiger partial charge in [-0.1, -0.05) is 48.0 Å². The number of rotatable bonds is 3. The molecule has 5 aromatic rings. The molecule has 3 aromatic carbocycles. The fraction of sp³-hybridized carbons (Fsp3) is 0.207. The average Bonchev–Trinajstić information content (AvgIpc) is 3.21. The number of aromatic nitrogens is 3. The van der Waals surface area contributed by atoms with E-state index in [0.717, 1.165) is 0 Å². The second kappa shape index (κ2) is 7.52. The Balaban J connectivity index is 1.94. The first kappa shape index (κ1) is 20.3. The molecule has 160 valence electrons. The van der Waals surface area contributed by atoms with Gasteiger partial charge in [-0.05, 0) is 81.6 Å². The summed E-state index contributed by atoms with van der Waals surface area (Å²) in [6.07, 6.45) is 0. The lowest BCUT2D eigenvalue weighted by atomic mass is 10.0. The first-order valence-corrected chi connectivity index (χ1v) is 11.2. The predicted octanol–water partition coefficient (Wildman–Crippen LogP) is 6.45. The summed E-state index contributed by atoms with van der Waals surface area (Å²) in [6.45, 7) is 11.1. The van der Waals surface area contributed by atoms with Gasteiger partial charge in [0.2, 0.25) is 0 Å². The van der Waals surface area contributed by atoms with Gasteiger partial charge in [0.1, 0.15) is 11.4 Å². The molecule has 0 saturated heterocycles. The van der Waals surface area contributed by atoms with Crippen molar-refractivity contribution in [3.05, 3.63) is 101 Å². The van der Waals surface area contributed by atoms with Crippen LogP contribution in [0.2, 0.25) is 0 Å². The molecule has 5 rings (SSSR count). The lowest BCUT2D eigenvalue weighted by Crippen LogP contribution is -2.31. The van der Waals surface area contributed by atoms with E-state index in [2.05, 4.69) is 128 Å². The van der Waals surface area contributed by atoms with Crippen LogP contribution in [0.25, 0.3) is 33.9 Å². The van der Waals surface area contributed by atoms with Gasteiger partial charge in [0, 0.05) is 5.69 Å². The molecule has 0 radical (unpaired) electrons. The Morgan fingerprint density at radius 3 is 1.97 bits per heavy atom. The van der Waals surface area contributed by atoms with Gasteiger partial charge in [0.25, 0.3) is 0 Å². The predicted molar refractivity (Wildman–Crippen MR) is 133 cm³/mol. The van der Waals surface area contributed by atoms with E-state index >= 15 is 0 Å². The van der Waals surface area contributed by atoms with Crippen LogP contribution in [-0.4, -0.2) is 9.13 Å². The van der Waals surface area contributed by atoms with E-state index in [1.807, 2.05) is 0 Å². The molecule has 0 N–H and O–H groups in total. The van der Waals surface area contributed by atoms with Crippen LogP contribution in [0.3, 0.4) is 0 Å². The molecule has 0 amide bonds. The summed E-state index contributed by atoms with van der Waals surface area (Å²) in [6, 6.07) is 26.2. The molecule has 0 saturated carbocycles. The van der Waals surface area contributed by atoms with Gasteiger partial charge in [-0.3, -0.25) is 0 Å². The minimum absolute atomic E-state index is 1.17. The Morgan fingerprint density at radius 1 is 0.656 bits per heavy atom. The summed E-state index contributed by atoms with van der Waals surface area (Å²) in [7, 11) is 2.18. The minimum Gasteiger partial charge on any atom is -0.307 e. The van der Waals surface area contributed by atoms with Crippen molar-refractivity contribution in [2.45, 2.75) is 34.6 Å². The molecule has 0 spiro atoms. The van der Waals surface area contributed by atoms with Crippen LogP contribution in [-0.2, 0) is 7.05 Å². The van der Waals surface area contributed by atoms with Crippen molar-refractivity contribution in [1.82, 2.24) is 9.13 Å². The fourth-order valence-corrected chi connectivity index (χ4v) is 5.31. The van der Waals surface area contributed by atoms with E-state index in [0.29, 0.717) is 0 Å². The van der Waals surface area contributed by atoms with Crippen molar-refractivity contribution in [2.24, 2.45) is 7.05 Å². The molecular weight excluding hydrogens is 390 g/mol. The number of imidazole rings is 1. The first-order chi connectivity index (χ1) is 15.4. The smallest absolute Gasteiger partial charge is 0.307 e. The Labute approximate surface area is 190 Å². The number of nitrogens with zero attached hydrogens (tertiary/aromatic N) is 3. The highest BCUT2D eigenvalue weighted by molar-refractivity contribution is 5.79. The van der Waals surface area contributed by atoms with Gasteiger partial charge >= 0.3 is 5.82 Å². The van der Waals surface area contributed by atoms with Crippen molar-refractivity contribution >= 4 is 11.0 Å². The van der Waals surface area contributed by atoms with Gasteiger partial charge in [-0.2, -0.15) is 4.57 Å².